The number of methoxy groups -OCH3 is 1. The van der Waals surface area contributed by atoms with Crippen LogP contribution in [0.3, 0.4) is 0 Å². The lowest BCUT2D eigenvalue weighted by atomic mass is 10.1. The molecule has 0 saturated heterocycles. The molecule has 2 aromatic rings. The summed E-state index contributed by atoms with van der Waals surface area (Å²) in [5, 5.41) is 12.3. The van der Waals surface area contributed by atoms with Crippen molar-refractivity contribution in [2.75, 3.05) is 19.0 Å². The quantitative estimate of drug-likeness (QED) is 0.359. The van der Waals surface area contributed by atoms with Crippen LogP contribution in [0.5, 0.6) is 11.5 Å². The van der Waals surface area contributed by atoms with Crippen LogP contribution in [0.15, 0.2) is 59.1 Å². The molecule has 0 radical (unpaired) electrons. The molecule has 0 atom stereocenters. The summed E-state index contributed by atoms with van der Waals surface area (Å²) in [5.74, 6) is 0.233. The van der Waals surface area contributed by atoms with Crippen LogP contribution in [0.4, 0.5) is 5.69 Å². The van der Waals surface area contributed by atoms with E-state index in [1.54, 1.807) is 42.5 Å². The molecule has 0 saturated carbocycles. The van der Waals surface area contributed by atoms with E-state index < -0.39 is 5.91 Å². The lowest BCUT2D eigenvalue weighted by molar-refractivity contribution is -0.112. The SMILES string of the molecule is C=CCOc1c(Cl)cc(/C=C(/C#N)C(=O)Nc2ccc(Br)cc2)cc1OC. The summed E-state index contributed by atoms with van der Waals surface area (Å²) >= 11 is 9.57. The Morgan fingerprint density at radius 1 is 1.37 bits per heavy atom. The zero-order valence-electron chi connectivity index (χ0n) is 14.5. The molecule has 0 aliphatic heterocycles. The molecule has 0 bridgehead atoms. The monoisotopic (exact) mass is 446 g/mol. The molecule has 0 aliphatic rings. The third kappa shape index (κ3) is 5.61. The second kappa shape index (κ2) is 9.81. The number of carbonyl (C=O) groups excluding carboxylic acids is 1. The summed E-state index contributed by atoms with van der Waals surface area (Å²) in [5.41, 5.74) is 1.04. The number of anilines is 1. The van der Waals surface area contributed by atoms with E-state index in [0.29, 0.717) is 27.8 Å². The van der Waals surface area contributed by atoms with E-state index in [1.807, 2.05) is 6.07 Å². The van der Waals surface area contributed by atoms with Crippen molar-refractivity contribution in [3.05, 3.63) is 69.7 Å². The van der Waals surface area contributed by atoms with Crippen LogP contribution >= 0.6 is 27.5 Å². The Morgan fingerprint density at radius 2 is 2.07 bits per heavy atom. The van der Waals surface area contributed by atoms with Gasteiger partial charge in [0.25, 0.3) is 5.91 Å². The molecule has 0 fully saturated rings. The molecule has 1 N–H and O–H groups in total. The molecule has 0 heterocycles. The first-order chi connectivity index (χ1) is 13.0. The second-order valence-corrected chi connectivity index (χ2v) is 6.59. The first-order valence-electron chi connectivity index (χ1n) is 7.78. The Morgan fingerprint density at radius 3 is 2.67 bits per heavy atom. The van der Waals surface area contributed by atoms with Crippen LogP contribution in [0.2, 0.25) is 5.02 Å². The summed E-state index contributed by atoms with van der Waals surface area (Å²) < 4.78 is 11.7. The average molecular weight is 448 g/mol. The molecule has 0 spiro atoms. The Bertz CT molecular complexity index is 918. The number of ether oxygens (including phenoxy) is 2. The predicted octanol–water partition coefficient (Wildman–Crippen LogP) is 5.22. The third-order valence-corrected chi connectivity index (χ3v) is 4.18. The minimum Gasteiger partial charge on any atom is -0.493 e. The molecule has 0 aromatic heterocycles. The molecular weight excluding hydrogens is 432 g/mol. The van der Waals surface area contributed by atoms with Crippen LogP contribution < -0.4 is 14.8 Å². The van der Waals surface area contributed by atoms with E-state index in [2.05, 4.69) is 27.8 Å². The molecule has 2 aromatic carbocycles. The van der Waals surface area contributed by atoms with Gasteiger partial charge in [-0.25, -0.2) is 0 Å². The largest absolute Gasteiger partial charge is 0.493 e. The number of amides is 1. The van der Waals surface area contributed by atoms with E-state index in [1.165, 1.54) is 13.2 Å². The minimum absolute atomic E-state index is 0.0733. The van der Waals surface area contributed by atoms with Gasteiger partial charge in [0.05, 0.1) is 12.1 Å². The van der Waals surface area contributed by atoms with Gasteiger partial charge in [-0.2, -0.15) is 5.26 Å². The smallest absolute Gasteiger partial charge is 0.266 e. The first kappa shape index (κ1) is 20.6. The summed E-state index contributed by atoms with van der Waals surface area (Å²) in [4.78, 5) is 12.4. The van der Waals surface area contributed by atoms with Crippen molar-refractivity contribution in [3.63, 3.8) is 0 Å². The number of carbonyl (C=O) groups is 1. The molecule has 0 aliphatic carbocycles. The second-order valence-electron chi connectivity index (χ2n) is 5.26. The number of nitrogens with zero attached hydrogens (tertiary/aromatic N) is 1. The molecule has 27 heavy (non-hydrogen) atoms. The summed E-state index contributed by atoms with van der Waals surface area (Å²) in [6.07, 6.45) is 3.02. The van der Waals surface area contributed by atoms with E-state index >= 15 is 0 Å². The van der Waals surface area contributed by atoms with Gasteiger partial charge >= 0.3 is 0 Å². The Hall–Kier alpha value is -2.75. The van der Waals surface area contributed by atoms with E-state index in [9.17, 15) is 10.1 Å². The molecular formula is C20H16BrClN2O3. The Kier molecular flexibility index (Phi) is 7.47. The summed E-state index contributed by atoms with van der Waals surface area (Å²) in [6, 6.07) is 12.2. The topological polar surface area (TPSA) is 71.3 Å². The van der Waals surface area contributed by atoms with E-state index in [-0.39, 0.29) is 12.2 Å². The number of nitriles is 1. The number of hydrogen-bond acceptors (Lipinski definition) is 4. The van der Waals surface area contributed by atoms with Crippen LogP contribution in [-0.2, 0) is 4.79 Å². The van der Waals surface area contributed by atoms with Crippen molar-refractivity contribution >= 4 is 45.2 Å². The van der Waals surface area contributed by atoms with Gasteiger partial charge in [0.1, 0.15) is 18.2 Å². The van der Waals surface area contributed by atoms with E-state index in [0.717, 1.165) is 4.47 Å². The highest BCUT2D eigenvalue weighted by atomic mass is 79.9. The fourth-order valence-electron chi connectivity index (χ4n) is 2.15. The number of hydrogen-bond donors (Lipinski definition) is 1. The lowest BCUT2D eigenvalue weighted by Gasteiger charge is -2.12. The molecule has 0 unspecified atom stereocenters. The highest BCUT2D eigenvalue weighted by molar-refractivity contribution is 9.10. The number of halogens is 2. The van der Waals surface area contributed by atoms with Gasteiger partial charge < -0.3 is 14.8 Å². The van der Waals surface area contributed by atoms with Crippen LogP contribution in [-0.4, -0.2) is 19.6 Å². The van der Waals surface area contributed by atoms with Gasteiger partial charge in [-0.15, -0.1) is 0 Å². The van der Waals surface area contributed by atoms with Gasteiger partial charge in [-0.05, 0) is 48.0 Å². The Balaban J connectivity index is 2.29. The van der Waals surface area contributed by atoms with Gasteiger partial charge in [0, 0.05) is 10.2 Å². The molecule has 5 nitrogen and oxygen atoms in total. The maximum Gasteiger partial charge on any atom is 0.266 e. The molecule has 138 valence electrons. The average Bonchev–Trinajstić information content (AvgIpc) is 2.66. The van der Waals surface area contributed by atoms with Crippen LogP contribution in [0.25, 0.3) is 6.08 Å². The molecule has 7 heteroatoms. The van der Waals surface area contributed by atoms with Crippen molar-refractivity contribution in [1.29, 1.82) is 5.26 Å². The summed E-state index contributed by atoms with van der Waals surface area (Å²) in [7, 11) is 1.48. The molecule has 2 rings (SSSR count). The van der Waals surface area contributed by atoms with Crippen molar-refractivity contribution in [2.45, 2.75) is 0 Å². The fraction of sp³-hybridized carbons (Fsp3) is 0.100. The van der Waals surface area contributed by atoms with Crippen molar-refractivity contribution in [1.82, 2.24) is 0 Å². The number of benzene rings is 2. The number of nitrogens with one attached hydrogen (secondary N) is 1. The number of rotatable bonds is 7. The van der Waals surface area contributed by atoms with Crippen molar-refractivity contribution in [3.8, 4) is 17.6 Å². The van der Waals surface area contributed by atoms with Gasteiger partial charge in [0.15, 0.2) is 11.5 Å². The lowest BCUT2D eigenvalue weighted by Crippen LogP contribution is -2.13. The normalized spacial score (nSPS) is 10.7. The van der Waals surface area contributed by atoms with Crippen molar-refractivity contribution in [2.24, 2.45) is 0 Å². The fourth-order valence-corrected chi connectivity index (χ4v) is 2.69. The maximum atomic E-state index is 12.4. The minimum atomic E-state index is -0.526. The van der Waals surface area contributed by atoms with Crippen LogP contribution in [0.1, 0.15) is 5.56 Å². The highest BCUT2D eigenvalue weighted by Crippen LogP contribution is 2.37. The highest BCUT2D eigenvalue weighted by Gasteiger charge is 2.14. The maximum absolute atomic E-state index is 12.4. The van der Waals surface area contributed by atoms with E-state index in [4.69, 9.17) is 21.1 Å². The predicted molar refractivity (Wildman–Crippen MR) is 110 cm³/mol. The zero-order valence-corrected chi connectivity index (χ0v) is 16.8. The van der Waals surface area contributed by atoms with Gasteiger partial charge in [0.2, 0.25) is 0 Å². The van der Waals surface area contributed by atoms with Gasteiger partial charge in [-0.1, -0.05) is 40.2 Å². The third-order valence-electron chi connectivity index (χ3n) is 3.38. The van der Waals surface area contributed by atoms with Gasteiger partial charge in [-0.3, -0.25) is 4.79 Å². The summed E-state index contributed by atoms with van der Waals surface area (Å²) in [6.45, 7) is 3.85. The first-order valence-corrected chi connectivity index (χ1v) is 8.95. The standard InChI is InChI=1S/C20H16BrClN2O3/c1-3-8-27-19-17(22)10-13(11-18(19)26-2)9-14(12-23)20(25)24-16-6-4-15(21)5-7-16/h3-7,9-11H,1,8H2,2H3,(H,24,25)/b14-9-. The zero-order chi connectivity index (χ0) is 19.8. The Labute approximate surface area is 171 Å². The van der Waals surface area contributed by atoms with Crippen molar-refractivity contribution < 1.29 is 14.3 Å². The molecule has 1 amide bonds. The van der Waals surface area contributed by atoms with Crippen LogP contribution in [0, 0.1) is 11.3 Å².